The van der Waals surface area contributed by atoms with Crippen molar-refractivity contribution in [3.8, 4) is 0 Å². The SMILES string of the molecule is S=[C-]S.S=[C-]S.S=[C-]S.S=[C-]S.S=[C-]S.S=[C-]S.[Mo+6]. The van der Waals surface area contributed by atoms with Crippen LogP contribution in [0.3, 0.4) is 0 Å². The van der Waals surface area contributed by atoms with Crippen LogP contribution in [-0.2, 0) is 21.1 Å². The molecule has 0 rings (SSSR count). The molecule has 0 N–H and O–H groups in total. The summed E-state index contributed by atoms with van der Waals surface area (Å²) < 4.78 is 12.2. The van der Waals surface area contributed by atoms with Gasteiger partial charge in [-0.25, -0.2) is 0 Å². The van der Waals surface area contributed by atoms with Gasteiger partial charge < -0.3 is 177 Å². The second-order valence-corrected chi connectivity index (χ2v) is 4.93. The Hall–Kier alpha value is 3.33. The molecule has 0 radical (unpaired) electrons. The van der Waals surface area contributed by atoms with Gasteiger partial charge in [0.2, 0.25) is 0 Å². The summed E-state index contributed by atoms with van der Waals surface area (Å²) in [6.07, 6.45) is 0. The van der Waals surface area contributed by atoms with E-state index in [0.717, 1.165) is 0 Å². The van der Waals surface area contributed by atoms with Crippen LogP contribution in [0.4, 0.5) is 0 Å². The van der Waals surface area contributed by atoms with Gasteiger partial charge in [0, 0.05) is 0 Å². The van der Waals surface area contributed by atoms with Crippen molar-refractivity contribution in [2.24, 2.45) is 0 Å². The molecule has 0 aromatic heterocycles. The number of thiol groups is 6. The van der Waals surface area contributed by atoms with Crippen LogP contribution in [0.5, 0.6) is 0 Å². The van der Waals surface area contributed by atoms with Gasteiger partial charge in [-0.3, -0.25) is 0 Å². The summed E-state index contributed by atoms with van der Waals surface area (Å²) in [5.41, 5.74) is 0. The van der Waals surface area contributed by atoms with Crippen LogP contribution < -0.4 is 0 Å². The zero-order valence-corrected chi connectivity index (χ0v) is 20.8. The summed E-state index contributed by atoms with van der Waals surface area (Å²) in [5, 5.41) is 0. The average Bonchev–Trinajstić information content (AvgIpc) is 2.23. The Morgan fingerprint density at radius 3 is 0.368 bits per heavy atom. The van der Waals surface area contributed by atoms with Crippen LogP contribution in [0, 0.1) is 0 Å². The predicted octanol–water partition coefficient (Wildman–Crippen LogP) is 4.50. The normalized spacial score (nSPS) is 4.11. The van der Waals surface area contributed by atoms with Crippen molar-refractivity contribution in [1.29, 1.82) is 0 Å². The van der Waals surface area contributed by atoms with Crippen molar-refractivity contribution in [2.75, 3.05) is 0 Å². The molecule has 0 saturated heterocycles. The van der Waals surface area contributed by atoms with Gasteiger partial charge in [-0.15, -0.1) is 0 Å². The molecule has 0 aliphatic rings. The first kappa shape index (κ1) is 43.2. The molecule has 0 fully saturated rings. The van der Waals surface area contributed by atoms with Crippen molar-refractivity contribution in [2.45, 2.75) is 0 Å². The zero-order chi connectivity index (χ0) is 16.2. The maximum atomic E-state index is 4.01. The summed E-state index contributed by atoms with van der Waals surface area (Å²) in [5.74, 6) is 0. The van der Waals surface area contributed by atoms with Crippen molar-refractivity contribution in [3.63, 3.8) is 0 Å². The largest absolute Gasteiger partial charge is 6.00 e. The molecular weight excluding hydrogens is 553 g/mol. The first-order valence-electron chi connectivity index (χ1n) is 2.57. The maximum absolute atomic E-state index is 4.01. The van der Waals surface area contributed by atoms with E-state index >= 15 is 0 Å². The quantitative estimate of drug-likeness (QED) is 0.111. The molecule has 0 atom stereocenters. The van der Waals surface area contributed by atoms with Gasteiger partial charge in [-0.1, -0.05) is 0 Å². The van der Waals surface area contributed by atoms with E-state index in [1.54, 1.807) is 0 Å². The topological polar surface area (TPSA) is 0 Å². The van der Waals surface area contributed by atoms with Crippen LogP contribution in [0.2, 0.25) is 0 Å². The Morgan fingerprint density at radius 2 is 0.368 bits per heavy atom. The minimum atomic E-state index is 0. The van der Waals surface area contributed by atoms with Gasteiger partial charge in [-0.2, -0.15) is 0 Å². The van der Waals surface area contributed by atoms with Crippen molar-refractivity contribution >= 4 is 177 Å². The van der Waals surface area contributed by atoms with Gasteiger partial charge in [0.15, 0.2) is 0 Å². The molecule has 13 heteroatoms. The standard InChI is InChI=1S/6CHS2.Mo/c6*2-1-3;/h6*(H,2,3);/q6*-1;+6. The Kier molecular flexibility index (Phi) is 230. The third-order valence-corrected chi connectivity index (χ3v) is 0. The Morgan fingerprint density at radius 1 is 0.368 bits per heavy atom. The molecule has 0 amide bonds. The molecule has 0 nitrogen and oxygen atoms in total. The van der Waals surface area contributed by atoms with Crippen molar-refractivity contribution < 1.29 is 21.1 Å². The minimum Gasteiger partial charge on any atom is -0.364 e. The molecule has 19 heavy (non-hydrogen) atoms. The van der Waals surface area contributed by atoms with E-state index in [1.165, 1.54) is 0 Å². The van der Waals surface area contributed by atoms with Crippen LogP contribution in [0.25, 0.3) is 0 Å². The van der Waals surface area contributed by atoms with Gasteiger partial charge in [0.1, 0.15) is 0 Å². The monoisotopic (exact) mass is 560 g/mol. The summed E-state index contributed by atoms with van der Waals surface area (Å²) in [4.78, 5) is 0. The summed E-state index contributed by atoms with van der Waals surface area (Å²) in [6.45, 7) is 0. The fourth-order valence-electron chi connectivity index (χ4n) is 0. The van der Waals surface area contributed by atoms with E-state index in [-0.39, 0.29) is 21.1 Å². The molecular formula is C6H6MoS12. The Bertz CT molecular complexity index is 114. The third-order valence-electron chi connectivity index (χ3n) is 0. The van der Waals surface area contributed by atoms with Crippen LogP contribution in [0.15, 0.2) is 0 Å². The number of hydrogen-bond acceptors (Lipinski definition) is 6. The zero-order valence-electron chi connectivity index (χ0n) is 8.54. The van der Waals surface area contributed by atoms with Crippen LogP contribution in [0.1, 0.15) is 0 Å². The van der Waals surface area contributed by atoms with Gasteiger partial charge in [0.05, 0.1) is 0 Å². The first-order valence-corrected chi connectivity index (χ1v) is 7.70. The molecule has 0 heterocycles. The maximum Gasteiger partial charge on any atom is 6.00 e. The van der Waals surface area contributed by atoms with E-state index in [2.05, 4.69) is 149 Å². The van der Waals surface area contributed by atoms with E-state index in [1.807, 2.05) is 28.2 Å². The fourth-order valence-corrected chi connectivity index (χ4v) is 0. The van der Waals surface area contributed by atoms with Gasteiger partial charge in [-0.05, 0) is 0 Å². The van der Waals surface area contributed by atoms with E-state index in [9.17, 15) is 0 Å². The summed E-state index contributed by atoms with van der Waals surface area (Å²) in [6, 6.07) is 0. The first-order chi connectivity index (χ1) is 8.49. The van der Waals surface area contributed by atoms with Crippen molar-refractivity contribution in [3.05, 3.63) is 0 Å². The Balaban J connectivity index is -0.0000000180. The molecule has 108 valence electrons. The molecule has 0 aromatic carbocycles. The molecule has 0 saturated carbocycles. The van der Waals surface area contributed by atoms with Crippen molar-refractivity contribution in [1.82, 2.24) is 0 Å². The molecule has 0 spiro atoms. The van der Waals surface area contributed by atoms with Crippen LogP contribution >= 0.6 is 149 Å². The van der Waals surface area contributed by atoms with Gasteiger partial charge >= 0.3 is 21.1 Å². The second-order valence-electron chi connectivity index (χ2n) is 0.548. The number of rotatable bonds is 0. The predicted molar refractivity (Wildman–Crippen MR) is 130 cm³/mol. The van der Waals surface area contributed by atoms with E-state index < -0.39 is 0 Å². The fraction of sp³-hybridized carbons (Fsp3) is 0. The van der Waals surface area contributed by atoms with Gasteiger partial charge in [0.25, 0.3) is 0 Å². The number of hydrogen-bond donors (Lipinski definition) is 6. The number of thiocarbonyl (C=S) groups is 6. The smallest absolute Gasteiger partial charge is 0.364 e. The Labute approximate surface area is 195 Å². The van der Waals surface area contributed by atoms with E-state index in [0.29, 0.717) is 0 Å². The molecule has 0 aliphatic heterocycles. The van der Waals surface area contributed by atoms with E-state index in [4.69, 9.17) is 0 Å². The molecule has 0 unspecified atom stereocenters. The van der Waals surface area contributed by atoms with Crippen LogP contribution in [-0.4, -0.2) is 28.2 Å². The minimum absolute atomic E-state index is 0. The third kappa shape index (κ3) is 719. The summed E-state index contributed by atoms with van der Waals surface area (Å²) >= 11 is 44.2. The molecule has 0 aromatic rings. The molecule has 0 bridgehead atoms. The molecule has 0 aliphatic carbocycles. The average molecular weight is 559 g/mol. The summed E-state index contributed by atoms with van der Waals surface area (Å²) in [7, 11) is 0. The second kappa shape index (κ2) is 101.